The van der Waals surface area contributed by atoms with E-state index >= 15 is 0 Å². The highest BCUT2D eigenvalue weighted by atomic mass is 19.1. The molecule has 0 fully saturated rings. The number of halogens is 1. The number of aromatic nitrogens is 1. The van der Waals surface area contributed by atoms with Gasteiger partial charge in [-0.25, -0.2) is 9.37 Å². The number of rotatable bonds is 3. The van der Waals surface area contributed by atoms with Gasteiger partial charge < -0.3 is 4.90 Å². The maximum Gasteiger partial charge on any atom is 0.140 e. The minimum atomic E-state index is -0.258. The van der Waals surface area contributed by atoms with Crippen molar-refractivity contribution >= 4 is 5.69 Å². The maximum absolute atomic E-state index is 13.1. The van der Waals surface area contributed by atoms with Crippen LogP contribution in [0.5, 0.6) is 0 Å². The van der Waals surface area contributed by atoms with Gasteiger partial charge in [0, 0.05) is 25.5 Å². The predicted octanol–water partition coefficient (Wildman–Crippen LogP) is 2.73. The Morgan fingerprint density at radius 2 is 2.17 bits per heavy atom. The standard InChI is InChI=1S/C14H12FN3/c1-18(14-4-2-3-12(15)8-14)10-11-5-6-17-13(7-11)9-16/h2-8H,10H2,1H3. The molecule has 0 radical (unpaired) electrons. The van der Waals surface area contributed by atoms with Gasteiger partial charge in [-0.2, -0.15) is 5.26 Å². The fourth-order valence-electron chi connectivity index (χ4n) is 1.71. The van der Waals surface area contributed by atoms with Crippen LogP contribution in [0.3, 0.4) is 0 Å². The van der Waals surface area contributed by atoms with Gasteiger partial charge in [0.2, 0.25) is 0 Å². The number of pyridine rings is 1. The molecule has 0 saturated heterocycles. The first-order chi connectivity index (χ1) is 8.69. The molecule has 0 unspecified atom stereocenters. The summed E-state index contributed by atoms with van der Waals surface area (Å²) in [7, 11) is 1.88. The molecule has 0 aliphatic rings. The third-order valence-corrected chi connectivity index (χ3v) is 2.61. The first kappa shape index (κ1) is 12.1. The Labute approximate surface area is 105 Å². The van der Waals surface area contributed by atoms with E-state index in [9.17, 15) is 4.39 Å². The van der Waals surface area contributed by atoms with Gasteiger partial charge in [0.25, 0.3) is 0 Å². The molecule has 0 saturated carbocycles. The first-order valence-corrected chi connectivity index (χ1v) is 5.51. The lowest BCUT2D eigenvalue weighted by atomic mass is 10.2. The molecule has 3 nitrogen and oxygen atoms in total. The number of hydrogen-bond donors (Lipinski definition) is 0. The van der Waals surface area contributed by atoms with Crippen molar-refractivity contribution in [2.24, 2.45) is 0 Å². The van der Waals surface area contributed by atoms with E-state index in [2.05, 4.69) is 4.98 Å². The van der Waals surface area contributed by atoms with Crippen LogP contribution in [0.1, 0.15) is 11.3 Å². The van der Waals surface area contributed by atoms with Crippen LogP contribution in [0.15, 0.2) is 42.6 Å². The Balaban J connectivity index is 2.16. The Morgan fingerprint density at radius 1 is 1.33 bits per heavy atom. The summed E-state index contributed by atoms with van der Waals surface area (Å²) < 4.78 is 13.1. The minimum absolute atomic E-state index is 0.258. The molecule has 0 amide bonds. The van der Waals surface area contributed by atoms with Crippen molar-refractivity contribution in [3.8, 4) is 6.07 Å². The molecular weight excluding hydrogens is 229 g/mol. The molecule has 0 bridgehead atoms. The van der Waals surface area contributed by atoms with Crippen LogP contribution in [0.25, 0.3) is 0 Å². The van der Waals surface area contributed by atoms with E-state index in [0.29, 0.717) is 12.2 Å². The highest BCUT2D eigenvalue weighted by Crippen LogP contribution is 2.16. The van der Waals surface area contributed by atoms with E-state index in [0.717, 1.165) is 11.3 Å². The van der Waals surface area contributed by atoms with Crippen molar-refractivity contribution in [1.29, 1.82) is 5.26 Å². The van der Waals surface area contributed by atoms with E-state index in [1.807, 2.05) is 30.1 Å². The Bertz CT molecular complexity index is 590. The summed E-state index contributed by atoms with van der Waals surface area (Å²) in [5.41, 5.74) is 2.15. The molecule has 0 atom stereocenters. The lowest BCUT2D eigenvalue weighted by Gasteiger charge is -2.19. The highest BCUT2D eigenvalue weighted by molar-refractivity contribution is 5.46. The third kappa shape index (κ3) is 2.83. The number of hydrogen-bond acceptors (Lipinski definition) is 3. The summed E-state index contributed by atoms with van der Waals surface area (Å²) in [6.07, 6.45) is 1.60. The van der Waals surface area contributed by atoms with Crippen LogP contribution in [-0.4, -0.2) is 12.0 Å². The van der Waals surface area contributed by atoms with Crippen LogP contribution in [0.2, 0.25) is 0 Å². The summed E-state index contributed by atoms with van der Waals surface area (Å²) in [4.78, 5) is 5.83. The van der Waals surface area contributed by atoms with Gasteiger partial charge >= 0.3 is 0 Å². The summed E-state index contributed by atoms with van der Waals surface area (Å²) in [6, 6.07) is 12.0. The zero-order valence-electron chi connectivity index (χ0n) is 9.97. The first-order valence-electron chi connectivity index (χ1n) is 5.51. The molecule has 0 aliphatic carbocycles. The normalized spacial score (nSPS) is 9.83. The highest BCUT2D eigenvalue weighted by Gasteiger charge is 2.04. The van der Waals surface area contributed by atoms with Gasteiger partial charge in [-0.1, -0.05) is 6.07 Å². The fraction of sp³-hybridized carbons (Fsp3) is 0.143. The van der Waals surface area contributed by atoms with E-state index < -0.39 is 0 Å². The molecule has 1 aromatic carbocycles. The molecule has 2 aromatic rings. The number of nitriles is 1. The van der Waals surface area contributed by atoms with E-state index in [-0.39, 0.29) is 5.82 Å². The second-order valence-electron chi connectivity index (χ2n) is 4.00. The Kier molecular flexibility index (Phi) is 3.54. The molecule has 0 N–H and O–H groups in total. The van der Waals surface area contributed by atoms with Crippen LogP contribution >= 0.6 is 0 Å². The van der Waals surface area contributed by atoms with E-state index in [4.69, 9.17) is 5.26 Å². The van der Waals surface area contributed by atoms with Gasteiger partial charge in [-0.05, 0) is 35.9 Å². The van der Waals surface area contributed by atoms with Gasteiger partial charge in [0.05, 0.1) is 0 Å². The second kappa shape index (κ2) is 5.28. The van der Waals surface area contributed by atoms with E-state index in [1.165, 1.54) is 12.1 Å². The molecule has 2 rings (SSSR count). The van der Waals surface area contributed by atoms with Crippen molar-refractivity contribution in [3.63, 3.8) is 0 Å². The SMILES string of the molecule is CN(Cc1ccnc(C#N)c1)c1cccc(F)c1. The smallest absolute Gasteiger partial charge is 0.140 e. The molecule has 1 aromatic heterocycles. The van der Waals surface area contributed by atoms with Crippen LogP contribution in [0.4, 0.5) is 10.1 Å². The van der Waals surface area contributed by atoms with Gasteiger partial charge in [-0.3, -0.25) is 0 Å². The van der Waals surface area contributed by atoms with Crippen LogP contribution in [-0.2, 0) is 6.54 Å². The number of benzene rings is 1. The Hall–Kier alpha value is -2.41. The van der Waals surface area contributed by atoms with Crippen molar-refractivity contribution < 1.29 is 4.39 Å². The second-order valence-corrected chi connectivity index (χ2v) is 4.00. The van der Waals surface area contributed by atoms with Crippen LogP contribution in [0, 0.1) is 17.1 Å². The largest absolute Gasteiger partial charge is 0.370 e. The molecule has 0 aliphatic heterocycles. The average Bonchev–Trinajstić information content (AvgIpc) is 2.39. The summed E-state index contributed by atoms with van der Waals surface area (Å²) in [5.74, 6) is -0.258. The maximum atomic E-state index is 13.1. The van der Waals surface area contributed by atoms with Gasteiger partial charge in [0.1, 0.15) is 17.6 Å². The van der Waals surface area contributed by atoms with Crippen molar-refractivity contribution in [2.45, 2.75) is 6.54 Å². The third-order valence-electron chi connectivity index (χ3n) is 2.61. The number of nitrogens with zero attached hydrogens (tertiary/aromatic N) is 3. The van der Waals surface area contributed by atoms with Gasteiger partial charge in [0.15, 0.2) is 0 Å². The molecule has 0 spiro atoms. The van der Waals surface area contributed by atoms with Crippen molar-refractivity contribution in [2.75, 3.05) is 11.9 Å². The van der Waals surface area contributed by atoms with Crippen LogP contribution < -0.4 is 4.90 Å². The summed E-state index contributed by atoms with van der Waals surface area (Å²) >= 11 is 0. The zero-order chi connectivity index (χ0) is 13.0. The lowest BCUT2D eigenvalue weighted by molar-refractivity contribution is 0.627. The van der Waals surface area contributed by atoms with Gasteiger partial charge in [-0.15, -0.1) is 0 Å². The average molecular weight is 241 g/mol. The molecule has 90 valence electrons. The predicted molar refractivity (Wildman–Crippen MR) is 67.5 cm³/mol. The quantitative estimate of drug-likeness (QED) is 0.829. The van der Waals surface area contributed by atoms with Crippen molar-refractivity contribution in [3.05, 3.63) is 59.7 Å². The van der Waals surface area contributed by atoms with Crippen molar-refractivity contribution in [1.82, 2.24) is 4.98 Å². The monoisotopic (exact) mass is 241 g/mol. The topological polar surface area (TPSA) is 39.9 Å². The summed E-state index contributed by atoms with van der Waals surface area (Å²) in [6.45, 7) is 0.598. The molecule has 18 heavy (non-hydrogen) atoms. The molecular formula is C14H12FN3. The lowest BCUT2D eigenvalue weighted by Crippen LogP contribution is -2.16. The Morgan fingerprint density at radius 3 is 2.89 bits per heavy atom. The number of anilines is 1. The molecule has 4 heteroatoms. The molecule has 1 heterocycles. The van der Waals surface area contributed by atoms with E-state index in [1.54, 1.807) is 18.3 Å². The summed E-state index contributed by atoms with van der Waals surface area (Å²) in [5, 5.41) is 8.77. The zero-order valence-corrected chi connectivity index (χ0v) is 9.97. The minimum Gasteiger partial charge on any atom is -0.370 e. The fourth-order valence-corrected chi connectivity index (χ4v) is 1.71.